The standard InChI is InChI=1S/C14H12N2O3.ClHO4/c15-14(16)10-3-5-12(6-4-10)19-13(17)8-7-11-2-1-9-18-11;2-1(3,4)5/h1-9H,(H3,15,16);(H,2,3,4,5). The van der Waals surface area contributed by atoms with Crippen LogP contribution in [0, 0.1) is 15.7 Å². The third-order valence-electron chi connectivity index (χ3n) is 2.31. The summed E-state index contributed by atoms with van der Waals surface area (Å²) in [6.07, 6.45) is 4.31. The Morgan fingerprint density at radius 1 is 1.25 bits per heavy atom. The van der Waals surface area contributed by atoms with Crippen molar-refractivity contribution in [3.8, 4) is 5.75 Å². The molecule has 1 heterocycles. The highest BCUT2D eigenvalue weighted by Gasteiger charge is 2.02. The number of benzene rings is 1. The summed E-state index contributed by atoms with van der Waals surface area (Å²) in [6, 6.07) is 9.84. The summed E-state index contributed by atoms with van der Waals surface area (Å²) in [6.45, 7) is 0. The molecular weight excluding hydrogens is 344 g/mol. The molecule has 0 saturated carbocycles. The predicted octanol–water partition coefficient (Wildman–Crippen LogP) is -1.94. The van der Waals surface area contributed by atoms with Crippen molar-refractivity contribution in [1.82, 2.24) is 0 Å². The zero-order valence-corrected chi connectivity index (χ0v) is 12.8. The smallest absolute Gasteiger partial charge is 0.336 e. The van der Waals surface area contributed by atoms with Crippen molar-refractivity contribution in [1.29, 1.82) is 5.41 Å². The fourth-order valence-electron chi connectivity index (χ4n) is 1.39. The van der Waals surface area contributed by atoms with Crippen molar-refractivity contribution < 1.29 is 42.8 Å². The summed E-state index contributed by atoms with van der Waals surface area (Å²) in [4.78, 5) is 11.5. The molecular formula is C14H13ClN2O7. The highest BCUT2D eigenvalue weighted by atomic mass is 35.7. The Hall–Kier alpha value is -2.69. The number of nitrogens with two attached hydrogens (primary N) is 1. The van der Waals surface area contributed by atoms with E-state index in [1.54, 1.807) is 36.4 Å². The van der Waals surface area contributed by atoms with E-state index in [1.807, 2.05) is 0 Å². The molecule has 0 bridgehead atoms. The Morgan fingerprint density at radius 3 is 2.29 bits per heavy atom. The number of hydrogen-bond donors (Lipinski definition) is 3. The molecule has 1 aromatic heterocycles. The third kappa shape index (κ3) is 8.68. The van der Waals surface area contributed by atoms with E-state index in [-0.39, 0.29) is 5.84 Å². The Labute approximate surface area is 138 Å². The second-order valence-electron chi connectivity index (χ2n) is 4.10. The van der Waals surface area contributed by atoms with Crippen LogP contribution >= 0.6 is 0 Å². The van der Waals surface area contributed by atoms with Crippen LogP contribution in [0.2, 0.25) is 0 Å². The first kappa shape index (κ1) is 19.4. The molecule has 0 aliphatic rings. The van der Waals surface area contributed by atoms with E-state index >= 15 is 0 Å². The second-order valence-corrected chi connectivity index (χ2v) is 4.90. The largest absolute Gasteiger partial charge is 0.465 e. The fourth-order valence-corrected chi connectivity index (χ4v) is 1.39. The number of nitrogens with one attached hydrogen (secondary N) is 1. The number of ether oxygens (including phenoxy) is 1. The van der Waals surface area contributed by atoms with Crippen molar-refractivity contribution in [3.05, 3.63) is 60.1 Å². The van der Waals surface area contributed by atoms with Crippen LogP contribution in [0.1, 0.15) is 11.3 Å². The number of halogens is 1. The van der Waals surface area contributed by atoms with E-state index in [2.05, 4.69) is 0 Å². The van der Waals surface area contributed by atoms with Crippen LogP contribution in [0.4, 0.5) is 0 Å². The van der Waals surface area contributed by atoms with Crippen LogP contribution in [-0.2, 0) is 4.79 Å². The van der Waals surface area contributed by atoms with Crippen LogP contribution in [0.5, 0.6) is 5.75 Å². The molecule has 4 N–H and O–H groups in total. The maximum Gasteiger partial charge on any atom is 0.336 e. The van der Waals surface area contributed by atoms with Gasteiger partial charge in [-0.25, -0.2) is 4.79 Å². The van der Waals surface area contributed by atoms with E-state index in [0.29, 0.717) is 17.1 Å². The molecule has 0 aliphatic heterocycles. The van der Waals surface area contributed by atoms with Gasteiger partial charge in [-0.1, -0.05) is 0 Å². The minimum Gasteiger partial charge on any atom is -0.465 e. The molecule has 24 heavy (non-hydrogen) atoms. The van der Waals surface area contributed by atoms with Crippen molar-refractivity contribution in [2.75, 3.05) is 0 Å². The number of hydrogen-bond acceptors (Lipinski definition) is 8. The van der Waals surface area contributed by atoms with Gasteiger partial charge in [0.1, 0.15) is 17.3 Å². The van der Waals surface area contributed by atoms with Gasteiger partial charge < -0.3 is 14.9 Å². The van der Waals surface area contributed by atoms with E-state index in [0.717, 1.165) is 0 Å². The topological polar surface area (TPSA) is 179 Å². The Balaban J connectivity index is 0.000000505. The highest BCUT2D eigenvalue weighted by molar-refractivity contribution is 5.95. The molecule has 0 fully saturated rings. The van der Waals surface area contributed by atoms with Crippen molar-refractivity contribution >= 4 is 17.9 Å². The normalized spacial score (nSPS) is 10.8. The molecule has 0 unspecified atom stereocenters. The summed E-state index contributed by atoms with van der Waals surface area (Å²) < 4.78 is 42.8. The van der Waals surface area contributed by atoms with Crippen LogP contribution < -0.4 is 24.4 Å². The van der Waals surface area contributed by atoms with Gasteiger partial charge in [-0.05, 0) is 42.5 Å². The van der Waals surface area contributed by atoms with Crippen LogP contribution in [0.15, 0.2) is 53.2 Å². The van der Waals surface area contributed by atoms with Crippen LogP contribution in [0.25, 0.3) is 6.08 Å². The zero-order chi connectivity index (χ0) is 18.2. The number of nitrogen functional groups attached to an aromatic ring is 1. The Bertz CT molecular complexity index is 685. The molecule has 1 aromatic carbocycles. The number of esters is 1. The first-order chi connectivity index (χ1) is 11.1. The van der Waals surface area contributed by atoms with Gasteiger partial charge in [-0.15, -0.1) is 0 Å². The summed E-state index contributed by atoms with van der Waals surface area (Å²) >= 11 is 0. The van der Waals surface area contributed by atoms with Crippen molar-refractivity contribution in [2.24, 2.45) is 5.73 Å². The molecule has 9 nitrogen and oxygen atoms in total. The van der Waals surface area contributed by atoms with Gasteiger partial charge in [0.15, 0.2) is 0 Å². The lowest BCUT2D eigenvalue weighted by molar-refractivity contribution is -1.92. The predicted molar refractivity (Wildman–Crippen MR) is 73.1 cm³/mol. The molecule has 10 heteroatoms. The maximum atomic E-state index is 11.5. The average Bonchev–Trinajstić information content (AvgIpc) is 2.97. The molecule has 0 amide bonds. The number of furan rings is 1. The summed E-state index contributed by atoms with van der Waals surface area (Å²) in [5, 5.41) is 7.24. The van der Waals surface area contributed by atoms with Gasteiger partial charge >= 0.3 is 5.97 Å². The average molecular weight is 357 g/mol. The second kappa shape index (κ2) is 8.82. The van der Waals surface area contributed by atoms with Crippen molar-refractivity contribution in [3.63, 3.8) is 0 Å². The molecule has 0 radical (unpaired) electrons. The minimum absolute atomic E-state index is 0.0319. The first-order valence-electron chi connectivity index (χ1n) is 6.16. The molecule has 2 aromatic rings. The van der Waals surface area contributed by atoms with E-state index in [1.165, 1.54) is 18.4 Å². The first-order valence-corrected chi connectivity index (χ1v) is 7.42. The summed E-state index contributed by atoms with van der Waals surface area (Å²) in [5.74, 6) is 0.422. The summed E-state index contributed by atoms with van der Waals surface area (Å²) in [7, 11) is -4.69. The Kier molecular flexibility index (Phi) is 7.11. The highest BCUT2D eigenvalue weighted by Crippen LogP contribution is 2.12. The Morgan fingerprint density at radius 2 is 1.83 bits per heavy atom. The lowest BCUT2D eigenvalue weighted by atomic mass is 10.2. The molecule has 2 rings (SSSR count). The molecule has 0 aliphatic carbocycles. The van der Waals surface area contributed by atoms with Gasteiger partial charge in [0.25, 0.3) is 0 Å². The molecule has 0 spiro atoms. The number of rotatable bonds is 4. The van der Waals surface area contributed by atoms with E-state index in [9.17, 15) is 4.79 Å². The van der Waals surface area contributed by atoms with E-state index in [4.69, 9.17) is 38.9 Å². The minimum atomic E-state index is -4.69. The van der Waals surface area contributed by atoms with Gasteiger partial charge in [-0.3, -0.25) is 5.41 Å². The fraction of sp³-hybridized carbons (Fsp3) is 0. The zero-order valence-electron chi connectivity index (χ0n) is 12.0. The molecule has 128 valence electrons. The SMILES string of the molecule is N=C(N)c1ccc(OC(=O)C=Cc2ccco2)cc1.[O-][Cl+3]([O-])([O-])O. The maximum absolute atomic E-state index is 11.5. The number of amidine groups is 1. The monoisotopic (exact) mass is 356 g/mol. The van der Waals surface area contributed by atoms with Gasteiger partial charge in [-0.2, -0.15) is 14.0 Å². The molecule has 0 atom stereocenters. The number of carbonyl (C=O) groups is 1. The molecule has 0 saturated heterocycles. The summed E-state index contributed by atoms with van der Waals surface area (Å²) in [5.41, 5.74) is 5.90. The van der Waals surface area contributed by atoms with Gasteiger partial charge in [0, 0.05) is 11.6 Å². The van der Waals surface area contributed by atoms with Gasteiger partial charge in [0.2, 0.25) is 0 Å². The third-order valence-corrected chi connectivity index (χ3v) is 2.31. The van der Waals surface area contributed by atoms with Crippen LogP contribution in [-0.4, -0.2) is 16.5 Å². The lowest BCUT2D eigenvalue weighted by Gasteiger charge is -2.03. The van der Waals surface area contributed by atoms with E-state index < -0.39 is 16.2 Å². The van der Waals surface area contributed by atoms with Gasteiger partial charge in [0.05, 0.1) is 21.2 Å². The number of carbonyl (C=O) groups excluding carboxylic acids is 1. The lowest BCUT2D eigenvalue weighted by Crippen LogP contribution is -2.58. The quantitative estimate of drug-likeness (QED) is 0.186. The van der Waals surface area contributed by atoms with Crippen molar-refractivity contribution in [2.45, 2.75) is 0 Å². The van der Waals surface area contributed by atoms with Crippen LogP contribution in [0.3, 0.4) is 0 Å².